The molecule has 0 bridgehead atoms. The number of aldehydes is 1. The lowest BCUT2D eigenvalue weighted by Gasteiger charge is -2.20. The highest BCUT2D eigenvalue weighted by molar-refractivity contribution is 5.84. The lowest BCUT2D eigenvalue weighted by atomic mass is 10.1. The van der Waals surface area contributed by atoms with Crippen molar-refractivity contribution in [2.75, 3.05) is 18.5 Å². The number of hydrogen-bond donors (Lipinski definition) is 0. The second-order valence-electron chi connectivity index (χ2n) is 3.92. The van der Waals surface area contributed by atoms with Crippen molar-refractivity contribution >= 4 is 12.0 Å². The fourth-order valence-corrected chi connectivity index (χ4v) is 1.69. The van der Waals surface area contributed by atoms with Crippen LogP contribution in [0.4, 0.5) is 10.1 Å². The van der Waals surface area contributed by atoms with Crippen molar-refractivity contribution in [2.24, 2.45) is 0 Å². The molecule has 0 radical (unpaired) electrons. The van der Waals surface area contributed by atoms with E-state index in [4.69, 9.17) is 0 Å². The van der Waals surface area contributed by atoms with E-state index < -0.39 is 5.82 Å². The molecule has 2 nitrogen and oxygen atoms in total. The summed E-state index contributed by atoms with van der Waals surface area (Å²) in [5, 5.41) is 0. The van der Waals surface area contributed by atoms with Crippen molar-refractivity contribution in [1.82, 2.24) is 0 Å². The Morgan fingerprint density at radius 2 is 2.12 bits per heavy atom. The van der Waals surface area contributed by atoms with Crippen LogP contribution in [0.5, 0.6) is 0 Å². The molecule has 0 atom stereocenters. The van der Waals surface area contributed by atoms with Crippen molar-refractivity contribution in [1.29, 1.82) is 0 Å². The van der Waals surface area contributed by atoms with Crippen LogP contribution < -0.4 is 4.90 Å². The third-order valence-electron chi connectivity index (χ3n) is 2.66. The van der Waals surface area contributed by atoms with Gasteiger partial charge in [0.05, 0.1) is 5.56 Å². The molecule has 0 amide bonds. The molecule has 1 aromatic rings. The Labute approximate surface area is 96.1 Å². The standard InChI is InChI=1S/C13H18FNO/c1-3-4-5-9-15(2)13-8-6-7-12(14)11(13)10-16/h6-8,10H,3-5,9H2,1-2H3. The number of anilines is 1. The summed E-state index contributed by atoms with van der Waals surface area (Å²) >= 11 is 0. The zero-order valence-electron chi connectivity index (χ0n) is 9.87. The fourth-order valence-electron chi connectivity index (χ4n) is 1.69. The highest BCUT2D eigenvalue weighted by Gasteiger charge is 2.10. The maximum atomic E-state index is 13.3. The molecule has 0 heterocycles. The molecule has 0 saturated carbocycles. The van der Waals surface area contributed by atoms with E-state index in [1.54, 1.807) is 12.1 Å². The molecule has 1 aromatic carbocycles. The largest absolute Gasteiger partial charge is 0.374 e. The summed E-state index contributed by atoms with van der Waals surface area (Å²) in [6.45, 7) is 2.98. The first-order valence-electron chi connectivity index (χ1n) is 5.65. The van der Waals surface area contributed by atoms with Gasteiger partial charge in [-0.3, -0.25) is 4.79 Å². The third-order valence-corrected chi connectivity index (χ3v) is 2.66. The lowest BCUT2D eigenvalue weighted by molar-refractivity contribution is 0.112. The minimum Gasteiger partial charge on any atom is -0.374 e. The van der Waals surface area contributed by atoms with Gasteiger partial charge in [-0.25, -0.2) is 4.39 Å². The van der Waals surface area contributed by atoms with E-state index in [2.05, 4.69) is 6.92 Å². The van der Waals surface area contributed by atoms with E-state index >= 15 is 0 Å². The number of benzene rings is 1. The summed E-state index contributed by atoms with van der Waals surface area (Å²) in [5.41, 5.74) is 0.826. The quantitative estimate of drug-likeness (QED) is 0.545. The molecule has 0 N–H and O–H groups in total. The SMILES string of the molecule is CCCCCN(C)c1cccc(F)c1C=O. The van der Waals surface area contributed by atoms with Gasteiger partial charge in [-0.15, -0.1) is 0 Å². The molecule has 3 heteroatoms. The van der Waals surface area contributed by atoms with E-state index in [-0.39, 0.29) is 5.56 Å². The predicted octanol–water partition coefficient (Wildman–Crippen LogP) is 3.26. The van der Waals surface area contributed by atoms with Crippen molar-refractivity contribution < 1.29 is 9.18 Å². The van der Waals surface area contributed by atoms with Gasteiger partial charge in [0.15, 0.2) is 6.29 Å². The van der Waals surface area contributed by atoms with Gasteiger partial charge in [0.25, 0.3) is 0 Å². The fraction of sp³-hybridized carbons (Fsp3) is 0.462. The van der Waals surface area contributed by atoms with Crippen LogP contribution in [0.2, 0.25) is 0 Å². The van der Waals surface area contributed by atoms with Crippen LogP contribution in [-0.4, -0.2) is 19.9 Å². The average molecular weight is 223 g/mol. The van der Waals surface area contributed by atoms with E-state index in [1.807, 2.05) is 11.9 Å². The van der Waals surface area contributed by atoms with Crippen molar-refractivity contribution in [3.63, 3.8) is 0 Å². The Balaban J connectivity index is 2.78. The zero-order chi connectivity index (χ0) is 12.0. The van der Waals surface area contributed by atoms with E-state index in [1.165, 1.54) is 6.07 Å². The maximum absolute atomic E-state index is 13.3. The summed E-state index contributed by atoms with van der Waals surface area (Å²) in [4.78, 5) is 12.7. The Kier molecular flexibility index (Phi) is 4.96. The number of halogens is 1. The highest BCUT2D eigenvalue weighted by atomic mass is 19.1. The molecular weight excluding hydrogens is 205 g/mol. The molecule has 0 aliphatic heterocycles. The van der Waals surface area contributed by atoms with E-state index in [0.29, 0.717) is 12.0 Å². The van der Waals surface area contributed by atoms with Crippen LogP contribution in [-0.2, 0) is 0 Å². The van der Waals surface area contributed by atoms with Crippen LogP contribution in [0.25, 0.3) is 0 Å². The predicted molar refractivity (Wildman–Crippen MR) is 64.6 cm³/mol. The van der Waals surface area contributed by atoms with Crippen molar-refractivity contribution in [3.05, 3.63) is 29.6 Å². The molecule has 0 aliphatic carbocycles. The lowest BCUT2D eigenvalue weighted by Crippen LogP contribution is -2.20. The number of carbonyl (C=O) groups excluding carboxylic acids is 1. The molecule has 16 heavy (non-hydrogen) atoms. The van der Waals surface area contributed by atoms with Crippen LogP contribution in [0.15, 0.2) is 18.2 Å². The summed E-state index contributed by atoms with van der Waals surface area (Å²) in [6.07, 6.45) is 3.94. The summed E-state index contributed by atoms with van der Waals surface area (Å²) in [5.74, 6) is -0.449. The Morgan fingerprint density at radius 3 is 2.75 bits per heavy atom. The van der Waals surface area contributed by atoms with Gasteiger partial charge in [0.1, 0.15) is 5.82 Å². The molecule has 0 aliphatic rings. The monoisotopic (exact) mass is 223 g/mol. The molecule has 0 unspecified atom stereocenters. The first-order valence-corrected chi connectivity index (χ1v) is 5.65. The average Bonchev–Trinajstić information content (AvgIpc) is 2.29. The molecule has 88 valence electrons. The second kappa shape index (κ2) is 6.26. The first kappa shape index (κ1) is 12.7. The molecule has 1 rings (SSSR count). The Bertz CT molecular complexity index is 352. The van der Waals surface area contributed by atoms with E-state index in [0.717, 1.165) is 25.8 Å². The van der Waals surface area contributed by atoms with Gasteiger partial charge in [-0.2, -0.15) is 0 Å². The van der Waals surface area contributed by atoms with E-state index in [9.17, 15) is 9.18 Å². The number of carbonyl (C=O) groups is 1. The van der Waals surface area contributed by atoms with Gasteiger partial charge in [-0.1, -0.05) is 25.8 Å². The van der Waals surface area contributed by atoms with Gasteiger partial charge in [0.2, 0.25) is 0 Å². The smallest absolute Gasteiger partial charge is 0.155 e. The van der Waals surface area contributed by atoms with Crippen LogP contribution in [0.1, 0.15) is 36.5 Å². The molecule has 0 spiro atoms. The summed E-state index contributed by atoms with van der Waals surface area (Å²) in [7, 11) is 1.89. The van der Waals surface area contributed by atoms with Crippen molar-refractivity contribution in [3.8, 4) is 0 Å². The highest BCUT2D eigenvalue weighted by Crippen LogP contribution is 2.20. The summed E-state index contributed by atoms with van der Waals surface area (Å²) < 4.78 is 13.3. The Hall–Kier alpha value is -1.38. The van der Waals surface area contributed by atoms with Gasteiger partial charge in [0, 0.05) is 19.3 Å². The maximum Gasteiger partial charge on any atom is 0.155 e. The molecule has 0 fully saturated rings. The number of nitrogens with zero attached hydrogens (tertiary/aromatic N) is 1. The van der Waals surface area contributed by atoms with Crippen LogP contribution >= 0.6 is 0 Å². The number of unbranched alkanes of at least 4 members (excludes halogenated alkanes) is 2. The minimum absolute atomic E-state index is 0.154. The topological polar surface area (TPSA) is 20.3 Å². The third kappa shape index (κ3) is 3.05. The molecular formula is C13H18FNO. The summed E-state index contributed by atoms with van der Waals surface area (Å²) in [6, 6.07) is 4.72. The van der Waals surface area contributed by atoms with Gasteiger partial charge < -0.3 is 4.90 Å². The zero-order valence-corrected chi connectivity index (χ0v) is 9.87. The normalized spacial score (nSPS) is 10.2. The minimum atomic E-state index is -0.449. The van der Waals surface area contributed by atoms with Crippen LogP contribution in [0.3, 0.4) is 0 Å². The molecule has 0 saturated heterocycles. The van der Waals surface area contributed by atoms with Gasteiger partial charge in [-0.05, 0) is 18.6 Å². The number of hydrogen-bond acceptors (Lipinski definition) is 2. The first-order chi connectivity index (χ1) is 7.70. The number of rotatable bonds is 6. The Morgan fingerprint density at radius 1 is 1.38 bits per heavy atom. The van der Waals surface area contributed by atoms with Crippen molar-refractivity contribution in [2.45, 2.75) is 26.2 Å². The van der Waals surface area contributed by atoms with Crippen LogP contribution in [0, 0.1) is 5.82 Å². The molecule has 0 aromatic heterocycles. The second-order valence-corrected chi connectivity index (χ2v) is 3.92. The van der Waals surface area contributed by atoms with Gasteiger partial charge >= 0.3 is 0 Å².